The van der Waals surface area contributed by atoms with E-state index in [1.165, 1.54) is 5.56 Å². The Labute approximate surface area is 153 Å². The van der Waals surface area contributed by atoms with Gasteiger partial charge in [0.15, 0.2) is 0 Å². The van der Waals surface area contributed by atoms with Gasteiger partial charge in [-0.2, -0.15) is 0 Å². The topological polar surface area (TPSA) is 72.9 Å². The molecule has 0 aromatic heterocycles. The smallest absolute Gasteiger partial charge is 0.321 e. The molecule has 0 unspecified atom stereocenters. The number of urea groups is 1. The number of hydrogen-bond donors (Lipinski definition) is 2. The van der Waals surface area contributed by atoms with E-state index in [1.807, 2.05) is 18.2 Å². The molecule has 3 rings (SSSR count). The summed E-state index contributed by atoms with van der Waals surface area (Å²) >= 11 is 0. The Morgan fingerprint density at radius 3 is 2.27 bits per heavy atom. The number of amides is 2. The van der Waals surface area contributed by atoms with Crippen LogP contribution in [-0.4, -0.2) is 53.1 Å². The quantitative estimate of drug-likeness (QED) is 0.867. The molecule has 2 amide bonds. The van der Waals surface area contributed by atoms with Gasteiger partial charge >= 0.3 is 12.0 Å². The van der Waals surface area contributed by atoms with Gasteiger partial charge in [-0.3, -0.25) is 9.69 Å². The first-order valence-corrected chi connectivity index (χ1v) is 8.74. The first kappa shape index (κ1) is 17.9. The molecule has 0 atom stereocenters. The van der Waals surface area contributed by atoms with Gasteiger partial charge in [0.05, 0.1) is 6.42 Å². The van der Waals surface area contributed by atoms with Crippen LogP contribution < -0.4 is 5.32 Å². The van der Waals surface area contributed by atoms with Crippen LogP contribution in [0, 0.1) is 0 Å². The van der Waals surface area contributed by atoms with E-state index in [2.05, 4.69) is 22.3 Å². The summed E-state index contributed by atoms with van der Waals surface area (Å²) in [6.07, 6.45) is -0.110. The number of nitrogens with zero attached hydrogens (tertiary/aromatic N) is 2. The van der Waals surface area contributed by atoms with Crippen molar-refractivity contribution in [1.29, 1.82) is 0 Å². The van der Waals surface area contributed by atoms with E-state index in [9.17, 15) is 9.59 Å². The molecule has 0 saturated carbocycles. The van der Waals surface area contributed by atoms with Gasteiger partial charge < -0.3 is 15.3 Å². The van der Waals surface area contributed by atoms with Crippen molar-refractivity contribution in [2.75, 3.05) is 31.5 Å². The highest BCUT2D eigenvalue weighted by atomic mass is 16.4. The number of aliphatic carboxylic acids is 1. The van der Waals surface area contributed by atoms with Crippen LogP contribution in [0.5, 0.6) is 0 Å². The van der Waals surface area contributed by atoms with Crippen LogP contribution >= 0.6 is 0 Å². The Balaban J connectivity index is 1.53. The highest BCUT2D eigenvalue weighted by Gasteiger charge is 2.21. The lowest BCUT2D eigenvalue weighted by atomic mass is 10.1. The van der Waals surface area contributed by atoms with Crippen LogP contribution in [0.3, 0.4) is 0 Å². The van der Waals surface area contributed by atoms with E-state index in [0.717, 1.165) is 19.6 Å². The molecule has 1 saturated heterocycles. The van der Waals surface area contributed by atoms with Crippen LogP contribution in [0.15, 0.2) is 54.6 Å². The molecule has 6 heteroatoms. The third kappa shape index (κ3) is 4.83. The number of carboxylic acid groups (broad SMARTS) is 1. The second-order valence-corrected chi connectivity index (χ2v) is 6.41. The van der Waals surface area contributed by atoms with Gasteiger partial charge in [-0.25, -0.2) is 4.79 Å². The first-order chi connectivity index (χ1) is 12.6. The molecule has 0 aliphatic carbocycles. The van der Waals surface area contributed by atoms with Crippen LogP contribution in [0.25, 0.3) is 0 Å². The average molecular weight is 353 g/mol. The highest BCUT2D eigenvalue weighted by Crippen LogP contribution is 2.17. The zero-order valence-electron chi connectivity index (χ0n) is 14.6. The molecule has 1 aliphatic rings. The van der Waals surface area contributed by atoms with Crippen molar-refractivity contribution < 1.29 is 14.7 Å². The van der Waals surface area contributed by atoms with E-state index in [1.54, 1.807) is 29.2 Å². The number of anilines is 1. The summed E-state index contributed by atoms with van der Waals surface area (Å²) in [5.41, 5.74) is 2.44. The van der Waals surface area contributed by atoms with Gasteiger partial charge in [-0.15, -0.1) is 0 Å². The summed E-state index contributed by atoms with van der Waals surface area (Å²) in [4.78, 5) is 27.6. The number of piperazine rings is 1. The number of hydrogen-bond acceptors (Lipinski definition) is 3. The molecular weight excluding hydrogens is 330 g/mol. The van der Waals surface area contributed by atoms with Gasteiger partial charge in [0, 0.05) is 38.4 Å². The van der Waals surface area contributed by atoms with Crippen molar-refractivity contribution in [3.63, 3.8) is 0 Å². The largest absolute Gasteiger partial charge is 0.481 e. The van der Waals surface area contributed by atoms with Crippen molar-refractivity contribution in [2.45, 2.75) is 13.0 Å². The third-order valence-corrected chi connectivity index (χ3v) is 4.51. The summed E-state index contributed by atoms with van der Waals surface area (Å²) in [6, 6.07) is 17.1. The van der Waals surface area contributed by atoms with Gasteiger partial charge in [0.1, 0.15) is 0 Å². The number of nitrogens with one attached hydrogen (secondary N) is 1. The summed E-state index contributed by atoms with van der Waals surface area (Å²) in [5.74, 6) is -0.916. The fourth-order valence-corrected chi connectivity index (χ4v) is 3.10. The fraction of sp³-hybridized carbons (Fsp3) is 0.300. The number of para-hydroxylation sites is 1. The number of rotatable bonds is 5. The Bertz CT molecular complexity index is 756. The maximum absolute atomic E-state index is 12.5. The summed E-state index contributed by atoms with van der Waals surface area (Å²) < 4.78 is 0. The van der Waals surface area contributed by atoms with E-state index in [4.69, 9.17) is 5.11 Å². The Kier molecular flexibility index (Phi) is 5.86. The third-order valence-electron chi connectivity index (χ3n) is 4.51. The summed E-state index contributed by atoms with van der Waals surface area (Å²) in [7, 11) is 0. The minimum absolute atomic E-state index is 0.110. The molecule has 2 aromatic rings. The summed E-state index contributed by atoms with van der Waals surface area (Å²) in [5, 5.41) is 11.9. The minimum atomic E-state index is -0.916. The Hall–Kier alpha value is -2.86. The van der Waals surface area contributed by atoms with Gasteiger partial charge in [-0.05, 0) is 17.2 Å². The maximum Gasteiger partial charge on any atom is 0.321 e. The fourth-order valence-electron chi connectivity index (χ4n) is 3.10. The zero-order valence-corrected chi connectivity index (χ0v) is 14.6. The molecule has 1 fully saturated rings. The van der Waals surface area contributed by atoms with E-state index in [0.29, 0.717) is 24.3 Å². The molecular formula is C20H23N3O3. The molecule has 1 aliphatic heterocycles. The van der Waals surface area contributed by atoms with Gasteiger partial charge in [0.2, 0.25) is 0 Å². The van der Waals surface area contributed by atoms with Crippen molar-refractivity contribution in [3.05, 3.63) is 65.7 Å². The van der Waals surface area contributed by atoms with Crippen LogP contribution in [0.4, 0.5) is 10.5 Å². The zero-order chi connectivity index (χ0) is 18.4. The van der Waals surface area contributed by atoms with Crippen LogP contribution in [0.1, 0.15) is 11.1 Å². The second-order valence-electron chi connectivity index (χ2n) is 6.41. The molecule has 2 aromatic carbocycles. The molecule has 0 bridgehead atoms. The Morgan fingerprint density at radius 2 is 1.58 bits per heavy atom. The van der Waals surface area contributed by atoms with E-state index in [-0.39, 0.29) is 12.5 Å². The number of benzene rings is 2. The number of carbonyl (C=O) groups is 2. The molecule has 26 heavy (non-hydrogen) atoms. The Morgan fingerprint density at radius 1 is 0.923 bits per heavy atom. The van der Waals surface area contributed by atoms with Crippen LogP contribution in [-0.2, 0) is 17.8 Å². The van der Waals surface area contributed by atoms with Crippen molar-refractivity contribution >= 4 is 17.7 Å². The van der Waals surface area contributed by atoms with Crippen LogP contribution in [0.2, 0.25) is 0 Å². The van der Waals surface area contributed by atoms with Crippen molar-refractivity contribution in [1.82, 2.24) is 9.80 Å². The number of carbonyl (C=O) groups excluding carboxylic acids is 1. The highest BCUT2D eigenvalue weighted by molar-refractivity contribution is 5.91. The predicted molar refractivity (Wildman–Crippen MR) is 100 cm³/mol. The molecule has 1 heterocycles. The maximum atomic E-state index is 12.5. The monoisotopic (exact) mass is 353 g/mol. The van der Waals surface area contributed by atoms with Gasteiger partial charge in [0.25, 0.3) is 0 Å². The lowest BCUT2D eigenvalue weighted by Crippen LogP contribution is -2.49. The standard InChI is InChI=1S/C20H23N3O3/c24-19(25)14-17-8-4-5-9-18(17)21-20(26)23-12-10-22(11-13-23)15-16-6-2-1-3-7-16/h1-9H,10-15H2,(H,21,26)(H,24,25). The molecule has 0 radical (unpaired) electrons. The average Bonchev–Trinajstić information content (AvgIpc) is 2.64. The lowest BCUT2D eigenvalue weighted by molar-refractivity contribution is -0.136. The second kappa shape index (κ2) is 8.49. The number of carboxylic acids is 1. The van der Waals surface area contributed by atoms with Gasteiger partial charge in [-0.1, -0.05) is 48.5 Å². The summed E-state index contributed by atoms with van der Waals surface area (Å²) in [6.45, 7) is 3.83. The molecule has 136 valence electrons. The van der Waals surface area contributed by atoms with Crippen molar-refractivity contribution in [3.8, 4) is 0 Å². The van der Waals surface area contributed by atoms with E-state index >= 15 is 0 Å². The SMILES string of the molecule is O=C(O)Cc1ccccc1NC(=O)N1CCN(Cc2ccccc2)CC1. The lowest BCUT2D eigenvalue weighted by Gasteiger charge is -2.34. The van der Waals surface area contributed by atoms with Crippen molar-refractivity contribution in [2.24, 2.45) is 0 Å². The molecule has 2 N–H and O–H groups in total. The molecule has 0 spiro atoms. The minimum Gasteiger partial charge on any atom is -0.481 e. The first-order valence-electron chi connectivity index (χ1n) is 8.74. The normalized spacial score (nSPS) is 14.8. The van der Waals surface area contributed by atoms with E-state index < -0.39 is 5.97 Å². The predicted octanol–water partition coefficient (Wildman–Crippen LogP) is 2.66. The molecule has 6 nitrogen and oxygen atoms in total.